The van der Waals surface area contributed by atoms with Crippen LogP contribution in [-0.2, 0) is 20.9 Å². The first kappa shape index (κ1) is 26.9. The molecule has 4 aliphatic rings. The minimum absolute atomic E-state index is 0.0252. The van der Waals surface area contributed by atoms with Gasteiger partial charge < -0.3 is 39.7 Å². The molecule has 1 saturated carbocycles. The fourth-order valence-corrected chi connectivity index (χ4v) is 5.66. The molecular weight excluding hydrogens is 494 g/mol. The highest BCUT2D eigenvalue weighted by Gasteiger charge is 2.52. The van der Waals surface area contributed by atoms with Gasteiger partial charge in [0.25, 0.3) is 0 Å². The van der Waals surface area contributed by atoms with E-state index < -0.39 is 30.1 Å². The maximum atomic E-state index is 13.5. The maximum Gasteiger partial charge on any atom is 0.247 e. The average Bonchev–Trinajstić information content (AvgIpc) is 3.73. The van der Waals surface area contributed by atoms with Gasteiger partial charge in [-0.3, -0.25) is 14.5 Å². The number of methoxy groups -OCH3 is 1. The van der Waals surface area contributed by atoms with Gasteiger partial charge in [0.1, 0.15) is 12.2 Å². The molecule has 11 heteroatoms. The predicted molar refractivity (Wildman–Crippen MR) is 136 cm³/mol. The van der Waals surface area contributed by atoms with Crippen LogP contribution in [-0.4, -0.2) is 115 Å². The number of nitrogens with zero attached hydrogens (tertiary/aromatic N) is 2. The summed E-state index contributed by atoms with van der Waals surface area (Å²) < 4.78 is 17.2. The van der Waals surface area contributed by atoms with Gasteiger partial charge in [-0.2, -0.15) is 0 Å². The Labute approximate surface area is 221 Å². The minimum Gasteiger partial charge on any atom is -0.493 e. The highest BCUT2D eigenvalue weighted by atomic mass is 16.5. The highest BCUT2D eigenvalue weighted by molar-refractivity contribution is 5.96. The van der Waals surface area contributed by atoms with Crippen LogP contribution in [0.15, 0.2) is 23.8 Å². The molecule has 38 heavy (non-hydrogen) atoms. The summed E-state index contributed by atoms with van der Waals surface area (Å²) in [5, 5.41) is 33.5. The zero-order valence-corrected chi connectivity index (χ0v) is 21.7. The number of carbonyl (C=O) groups excluding carboxylic acids is 2. The van der Waals surface area contributed by atoms with Gasteiger partial charge in [0.15, 0.2) is 11.5 Å². The number of hydrogen-bond acceptors (Lipinski definition) is 9. The van der Waals surface area contributed by atoms with E-state index in [2.05, 4.69) is 10.2 Å². The second kappa shape index (κ2) is 11.6. The number of rotatable bonds is 10. The molecule has 0 aromatic heterocycles. The van der Waals surface area contributed by atoms with E-state index in [1.165, 1.54) is 7.11 Å². The summed E-state index contributed by atoms with van der Waals surface area (Å²) in [6, 6.07) is 2.66. The number of morpholine rings is 1. The largest absolute Gasteiger partial charge is 0.493 e. The summed E-state index contributed by atoms with van der Waals surface area (Å²) in [4.78, 5) is 30.8. The van der Waals surface area contributed by atoms with Crippen molar-refractivity contribution in [3.8, 4) is 11.5 Å². The monoisotopic (exact) mass is 531 g/mol. The van der Waals surface area contributed by atoms with E-state index in [1.54, 1.807) is 23.1 Å². The summed E-state index contributed by atoms with van der Waals surface area (Å²) in [5.74, 6) is -0.316. The van der Waals surface area contributed by atoms with Crippen molar-refractivity contribution >= 4 is 11.8 Å². The molecule has 2 fully saturated rings. The molecule has 4 N–H and O–H groups in total. The van der Waals surface area contributed by atoms with E-state index in [1.807, 2.05) is 0 Å². The Balaban J connectivity index is 1.51. The second-order valence-corrected chi connectivity index (χ2v) is 10.3. The van der Waals surface area contributed by atoms with E-state index in [0.717, 1.165) is 25.9 Å². The molecule has 4 unspecified atom stereocenters. The Bertz CT molecular complexity index is 1070. The van der Waals surface area contributed by atoms with Crippen LogP contribution < -0.4 is 14.8 Å². The van der Waals surface area contributed by atoms with Crippen LogP contribution >= 0.6 is 0 Å². The number of fused-ring (bicyclic) bond motifs is 3. The Hall–Kier alpha value is -2.70. The molecule has 2 aliphatic carbocycles. The molecule has 0 bridgehead atoms. The third-order valence-electron chi connectivity index (χ3n) is 7.83. The summed E-state index contributed by atoms with van der Waals surface area (Å²) in [6.45, 7) is 3.49. The zero-order chi connectivity index (χ0) is 26.8. The Morgan fingerprint density at radius 3 is 2.63 bits per heavy atom. The molecule has 208 valence electrons. The Morgan fingerprint density at radius 2 is 1.97 bits per heavy atom. The number of ether oxygens (including phenoxy) is 3. The van der Waals surface area contributed by atoms with Gasteiger partial charge in [-0.25, -0.2) is 0 Å². The van der Waals surface area contributed by atoms with Crippen molar-refractivity contribution in [3.63, 3.8) is 0 Å². The van der Waals surface area contributed by atoms with Crippen molar-refractivity contribution in [1.29, 1.82) is 0 Å². The van der Waals surface area contributed by atoms with Crippen LogP contribution in [0.1, 0.15) is 29.9 Å². The van der Waals surface area contributed by atoms with Crippen molar-refractivity contribution < 1.29 is 39.1 Å². The molecule has 5 rings (SSSR count). The highest BCUT2D eigenvalue weighted by Crippen LogP contribution is 2.51. The number of amides is 2. The smallest absolute Gasteiger partial charge is 0.247 e. The van der Waals surface area contributed by atoms with E-state index in [0.29, 0.717) is 54.5 Å². The van der Waals surface area contributed by atoms with Crippen molar-refractivity contribution in [2.75, 3.05) is 59.7 Å². The lowest BCUT2D eigenvalue weighted by Crippen LogP contribution is -2.57. The first-order valence-electron chi connectivity index (χ1n) is 13.3. The topological polar surface area (TPSA) is 141 Å². The lowest BCUT2D eigenvalue weighted by atomic mass is 9.77. The van der Waals surface area contributed by atoms with Crippen molar-refractivity contribution in [2.45, 2.75) is 43.6 Å². The SMILES string of the molecule is COc1cc(CO)cc2c1OC1C2C(C(=O)NCCO)=CC(N(CCN2CCOCC2)C(=O)C2CC2)C1O. The van der Waals surface area contributed by atoms with Gasteiger partial charge in [-0.05, 0) is 36.6 Å². The van der Waals surface area contributed by atoms with E-state index in [9.17, 15) is 24.9 Å². The Kier molecular flexibility index (Phi) is 8.20. The quantitative estimate of drug-likeness (QED) is 0.311. The van der Waals surface area contributed by atoms with Crippen LogP contribution in [0.3, 0.4) is 0 Å². The first-order valence-corrected chi connectivity index (χ1v) is 13.3. The molecule has 2 heterocycles. The van der Waals surface area contributed by atoms with Crippen molar-refractivity contribution in [2.24, 2.45) is 5.92 Å². The Morgan fingerprint density at radius 1 is 1.21 bits per heavy atom. The van der Waals surface area contributed by atoms with Gasteiger partial charge in [0, 0.05) is 49.8 Å². The molecule has 0 radical (unpaired) electrons. The van der Waals surface area contributed by atoms with Crippen LogP contribution in [0.4, 0.5) is 0 Å². The normalized spacial score (nSPS) is 26.6. The fourth-order valence-electron chi connectivity index (χ4n) is 5.66. The lowest BCUT2D eigenvalue weighted by molar-refractivity contribution is -0.139. The number of aliphatic hydroxyl groups excluding tert-OH is 3. The molecular formula is C27H37N3O8. The molecule has 1 aromatic rings. The molecule has 4 atom stereocenters. The first-order chi connectivity index (χ1) is 18.5. The standard InChI is InChI=1S/C27H37N3O8/c1-36-21-13-16(15-32)12-18-22-19(26(34)28-4-9-31)14-20(23(33)25(22)38-24(18)21)30(27(35)17-2-3-17)6-5-29-7-10-37-11-8-29/h12-14,17,20,22-23,25,31-33H,2-11,15H2,1H3,(H,28,34). The van der Waals surface area contributed by atoms with Gasteiger partial charge in [0.2, 0.25) is 11.8 Å². The number of aliphatic hydroxyl groups is 3. The fraction of sp³-hybridized carbons (Fsp3) is 0.630. The zero-order valence-electron chi connectivity index (χ0n) is 21.7. The number of hydrogen-bond donors (Lipinski definition) is 4. The minimum atomic E-state index is -1.10. The summed E-state index contributed by atoms with van der Waals surface area (Å²) in [5.41, 5.74) is 1.58. The average molecular weight is 532 g/mol. The van der Waals surface area contributed by atoms with Crippen LogP contribution in [0, 0.1) is 5.92 Å². The van der Waals surface area contributed by atoms with Crippen LogP contribution in [0.25, 0.3) is 0 Å². The van der Waals surface area contributed by atoms with Gasteiger partial charge in [-0.1, -0.05) is 0 Å². The number of carbonyl (C=O) groups is 2. The van der Waals surface area contributed by atoms with Gasteiger partial charge in [0.05, 0.1) is 45.5 Å². The van der Waals surface area contributed by atoms with E-state index >= 15 is 0 Å². The molecule has 11 nitrogen and oxygen atoms in total. The summed E-state index contributed by atoms with van der Waals surface area (Å²) in [6.07, 6.45) is 1.39. The van der Waals surface area contributed by atoms with Crippen molar-refractivity contribution in [1.82, 2.24) is 15.1 Å². The molecule has 1 aromatic carbocycles. The third-order valence-corrected chi connectivity index (χ3v) is 7.83. The van der Waals surface area contributed by atoms with E-state index in [4.69, 9.17) is 14.2 Å². The lowest BCUT2D eigenvalue weighted by Gasteiger charge is -2.41. The van der Waals surface area contributed by atoms with Crippen LogP contribution in [0.2, 0.25) is 0 Å². The molecule has 2 amide bonds. The third kappa shape index (κ3) is 5.26. The summed E-state index contributed by atoms with van der Waals surface area (Å²) in [7, 11) is 1.49. The van der Waals surface area contributed by atoms with Crippen molar-refractivity contribution in [3.05, 3.63) is 34.9 Å². The molecule has 1 saturated heterocycles. The number of benzene rings is 1. The van der Waals surface area contributed by atoms with E-state index in [-0.39, 0.29) is 31.6 Å². The predicted octanol–water partition coefficient (Wildman–Crippen LogP) is -0.619. The van der Waals surface area contributed by atoms with Gasteiger partial charge in [-0.15, -0.1) is 0 Å². The maximum absolute atomic E-state index is 13.5. The second-order valence-electron chi connectivity index (χ2n) is 10.3. The van der Waals surface area contributed by atoms with Gasteiger partial charge >= 0.3 is 0 Å². The van der Waals surface area contributed by atoms with Crippen LogP contribution in [0.5, 0.6) is 11.5 Å². The molecule has 2 aliphatic heterocycles. The summed E-state index contributed by atoms with van der Waals surface area (Å²) >= 11 is 0. The number of nitrogens with one attached hydrogen (secondary N) is 1. The molecule has 0 spiro atoms.